The number of nitrogens with one attached hydrogen (secondary N) is 1. The number of hydrogen-bond donors (Lipinski definition) is 2. The molecule has 18 heavy (non-hydrogen) atoms. The zero-order valence-corrected chi connectivity index (χ0v) is 11.5. The lowest BCUT2D eigenvalue weighted by molar-refractivity contribution is 0.961. The van der Waals surface area contributed by atoms with Gasteiger partial charge in [-0.25, -0.2) is 0 Å². The van der Waals surface area contributed by atoms with E-state index in [1.165, 1.54) is 0 Å². The van der Waals surface area contributed by atoms with E-state index in [1.54, 1.807) is 0 Å². The highest BCUT2D eigenvalue weighted by molar-refractivity contribution is 5.85. The maximum atomic E-state index is 5.61. The fourth-order valence-corrected chi connectivity index (χ4v) is 1.48. The largest absolute Gasteiger partial charge is 0.399 e. The summed E-state index contributed by atoms with van der Waals surface area (Å²) < 4.78 is 0. The molecule has 2 rings (SSSR count). The molecule has 0 aliphatic heterocycles. The minimum absolute atomic E-state index is 0. The molecule has 0 saturated heterocycles. The molecule has 0 spiro atoms. The van der Waals surface area contributed by atoms with Crippen molar-refractivity contribution in [3.05, 3.63) is 54.4 Å². The van der Waals surface area contributed by atoms with Crippen LogP contribution >= 0.6 is 24.8 Å². The molecule has 98 valence electrons. The van der Waals surface area contributed by atoms with Crippen LogP contribution in [0.2, 0.25) is 0 Å². The number of pyridine rings is 1. The lowest BCUT2D eigenvalue weighted by Gasteiger charge is -2.06. The number of rotatable bonds is 4. The van der Waals surface area contributed by atoms with Crippen LogP contribution in [0.5, 0.6) is 0 Å². The highest BCUT2D eigenvalue weighted by atomic mass is 35.5. The third kappa shape index (κ3) is 5.25. The van der Waals surface area contributed by atoms with E-state index in [0.717, 1.165) is 30.0 Å². The molecular weight excluding hydrogens is 269 g/mol. The Morgan fingerprint density at radius 2 is 1.72 bits per heavy atom. The van der Waals surface area contributed by atoms with Gasteiger partial charge < -0.3 is 11.1 Å². The van der Waals surface area contributed by atoms with Crippen molar-refractivity contribution in [2.45, 2.75) is 6.42 Å². The first-order valence-electron chi connectivity index (χ1n) is 5.34. The number of aromatic nitrogens is 1. The zero-order chi connectivity index (χ0) is 11.2. The summed E-state index contributed by atoms with van der Waals surface area (Å²) in [7, 11) is 0. The molecule has 1 aromatic heterocycles. The second kappa shape index (κ2) is 8.61. The summed E-state index contributed by atoms with van der Waals surface area (Å²) in [4.78, 5) is 4.26. The van der Waals surface area contributed by atoms with Crippen molar-refractivity contribution in [1.29, 1.82) is 0 Å². The normalized spacial score (nSPS) is 8.89. The van der Waals surface area contributed by atoms with Crippen molar-refractivity contribution in [3.8, 4) is 0 Å². The van der Waals surface area contributed by atoms with Crippen LogP contribution in [-0.2, 0) is 6.42 Å². The van der Waals surface area contributed by atoms with Gasteiger partial charge in [0, 0.05) is 36.2 Å². The molecule has 0 aliphatic rings. The fourth-order valence-electron chi connectivity index (χ4n) is 1.48. The van der Waals surface area contributed by atoms with E-state index in [1.807, 2.05) is 48.7 Å². The molecule has 2 aromatic rings. The van der Waals surface area contributed by atoms with Gasteiger partial charge in [0.1, 0.15) is 0 Å². The van der Waals surface area contributed by atoms with Crippen molar-refractivity contribution in [3.63, 3.8) is 0 Å². The van der Waals surface area contributed by atoms with Gasteiger partial charge in [-0.1, -0.05) is 6.07 Å². The SMILES string of the molecule is Cl.Cl.Nc1ccc(NCCc2ccccn2)cc1. The average molecular weight is 286 g/mol. The zero-order valence-electron chi connectivity index (χ0n) is 9.87. The number of hydrogen-bond acceptors (Lipinski definition) is 3. The van der Waals surface area contributed by atoms with E-state index >= 15 is 0 Å². The Bertz CT molecular complexity index is 432. The second-order valence-electron chi connectivity index (χ2n) is 3.62. The smallest absolute Gasteiger partial charge is 0.0421 e. The number of nitrogen functional groups attached to an aromatic ring is 1. The van der Waals surface area contributed by atoms with Gasteiger partial charge in [-0.05, 0) is 36.4 Å². The number of nitrogens with zero attached hydrogens (tertiary/aromatic N) is 1. The number of halogens is 2. The Balaban J connectivity index is 0.00000144. The quantitative estimate of drug-likeness (QED) is 0.849. The Labute approximate surface area is 120 Å². The van der Waals surface area contributed by atoms with E-state index < -0.39 is 0 Å². The van der Waals surface area contributed by atoms with Crippen LogP contribution in [0, 0.1) is 0 Å². The number of nitrogens with two attached hydrogens (primary N) is 1. The maximum absolute atomic E-state index is 5.61. The van der Waals surface area contributed by atoms with Crippen LogP contribution in [0.25, 0.3) is 0 Å². The predicted molar refractivity (Wildman–Crippen MR) is 81.8 cm³/mol. The second-order valence-corrected chi connectivity index (χ2v) is 3.62. The third-order valence-electron chi connectivity index (χ3n) is 2.35. The molecule has 3 nitrogen and oxygen atoms in total. The minimum Gasteiger partial charge on any atom is -0.399 e. The number of anilines is 2. The van der Waals surface area contributed by atoms with E-state index in [9.17, 15) is 0 Å². The highest BCUT2D eigenvalue weighted by Crippen LogP contribution is 2.10. The molecule has 0 amide bonds. The Hall–Kier alpha value is -1.45. The van der Waals surface area contributed by atoms with E-state index in [-0.39, 0.29) is 24.8 Å². The molecular formula is C13H17Cl2N3. The molecule has 1 heterocycles. The van der Waals surface area contributed by atoms with Gasteiger partial charge >= 0.3 is 0 Å². The summed E-state index contributed by atoms with van der Waals surface area (Å²) in [6.45, 7) is 0.876. The van der Waals surface area contributed by atoms with Gasteiger partial charge in [-0.3, -0.25) is 4.98 Å². The first-order valence-corrected chi connectivity index (χ1v) is 5.34. The molecule has 3 N–H and O–H groups in total. The Morgan fingerprint density at radius 1 is 1.00 bits per heavy atom. The first-order chi connectivity index (χ1) is 7.84. The van der Waals surface area contributed by atoms with Crippen molar-refractivity contribution >= 4 is 36.2 Å². The fraction of sp³-hybridized carbons (Fsp3) is 0.154. The molecule has 0 atom stereocenters. The summed E-state index contributed by atoms with van der Waals surface area (Å²) in [5.74, 6) is 0. The molecule has 0 unspecified atom stereocenters. The first kappa shape index (κ1) is 16.6. The molecule has 0 bridgehead atoms. The molecule has 0 saturated carbocycles. The minimum atomic E-state index is 0. The summed E-state index contributed by atoms with van der Waals surface area (Å²) in [6.07, 6.45) is 2.74. The van der Waals surface area contributed by atoms with Gasteiger partial charge in [0.15, 0.2) is 0 Å². The van der Waals surface area contributed by atoms with Crippen LogP contribution < -0.4 is 11.1 Å². The highest BCUT2D eigenvalue weighted by Gasteiger charge is 1.94. The van der Waals surface area contributed by atoms with Crippen molar-refractivity contribution < 1.29 is 0 Å². The van der Waals surface area contributed by atoms with Crippen LogP contribution in [0.4, 0.5) is 11.4 Å². The predicted octanol–water partition coefficient (Wildman–Crippen LogP) is 3.16. The lowest BCUT2D eigenvalue weighted by atomic mass is 10.2. The Kier molecular flexibility index (Phi) is 7.92. The van der Waals surface area contributed by atoms with Crippen molar-refractivity contribution in [2.24, 2.45) is 0 Å². The van der Waals surface area contributed by atoms with Crippen LogP contribution in [-0.4, -0.2) is 11.5 Å². The van der Waals surface area contributed by atoms with Crippen LogP contribution in [0.1, 0.15) is 5.69 Å². The maximum Gasteiger partial charge on any atom is 0.0421 e. The van der Waals surface area contributed by atoms with E-state index in [2.05, 4.69) is 10.3 Å². The van der Waals surface area contributed by atoms with E-state index in [0.29, 0.717) is 0 Å². The van der Waals surface area contributed by atoms with Gasteiger partial charge in [-0.15, -0.1) is 24.8 Å². The standard InChI is InChI=1S/C13H15N3.2ClH/c14-11-4-6-13(7-5-11)16-10-8-12-3-1-2-9-15-12;;/h1-7,9,16H,8,10,14H2;2*1H. The summed E-state index contributed by atoms with van der Waals surface area (Å²) in [5, 5.41) is 3.32. The third-order valence-corrected chi connectivity index (χ3v) is 2.35. The van der Waals surface area contributed by atoms with Gasteiger partial charge in [0.05, 0.1) is 0 Å². The summed E-state index contributed by atoms with van der Waals surface area (Å²) >= 11 is 0. The molecule has 1 aromatic carbocycles. The average Bonchev–Trinajstić information content (AvgIpc) is 2.33. The van der Waals surface area contributed by atoms with Crippen molar-refractivity contribution in [2.75, 3.05) is 17.6 Å². The van der Waals surface area contributed by atoms with Gasteiger partial charge in [-0.2, -0.15) is 0 Å². The molecule has 5 heteroatoms. The van der Waals surface area contributed by atoms with Gasteiger partial charge in [0.2, 0.25) is 0 Å². The molecule has 0 radical (unpaired) electrons. The monoisotopic (exact) mass is 285 g/mol. The van der Waals surface area contributed by atoms with Crippen LogP contribution in [0.15, 0.2) is 48.7 Å². The van der Waals surface area contributed by atoms with Crippen molar-refractivity contribution in [1.82, 2.24) is 4.98 Å². The number of benzene rings is 1. The van der Waals surface area contributed by atoms with Gasteiger partial charge in [0.25, 0.3) is 0 Å². The lowest BCUT2D eigenvalue weighted by Crippen LogP contribution is -2.05. The topological polar surface area (TPSA) is 50.9 Å². The summed E-state index contributed by atoms with van der Waals surface area (Å²) in [6, 6.07) is 13.7. The summed E-state index contributed by atoms with van der Waals surface area (Å²) in [5.41, 5.74) is 8.59. The molecule has 0 fully saturated rings. The van der Waals surface area contributed by atoms with E-state index in [4.69, 9.17) is 5.73 Å². The Morgan fingerprint density at radius 3 is 2.33 bits per heavy atom. The van der Waals surface area contributed by atoms with Crippen LogP contribution in [0.3, 0.4) is 0 Å². The molecule has 0 aliphatic carbocycles.